The van der Waals surface area contributed by atoms with Gasteiger partial charge < -0.3 is 19.5 Å². The summed E-state index contributed by atoms with van der Waals surface area (Å²) < 4.78 is 33.1. The van der Waals surface area contributed by atoms with Crippen molar-refractivity contribution in [2.24, 2.45) is 0 Å². The molecule has 9 heteroatoms. The summed E-state index contributed by atoms with van der Waals surface area (Å²) in [5.74, 6) is -1.68. The SMILES string of the molecule is COc1cccc(C(=O)OC(C)C(=O)N(C)C2CCS(=O)(=O)C2)c1O. The number of hydrogen-bond donors (Lipinski definition) is 1. The topological polar surface area (TPSA) is 110 Å². The molecule has 1 aliphatic heterocycles. The van der Waals surface area contributed by atoms with E-state index in [0.717, 1.165) is 0 Å². The molecule has 2 rings (SSSR count). The highest BCUT2D eigenvalue weighted by molar-refractivity contribution is 7.91. The Morgan fingerprint density at radius 2 is 2.04 bits per heavy atom. The standard InChI is InChI=1S/C16H21NO7S/c1-10(15(19)17(2)11-7-8-25(21,22)9-11)24-16(20)12-5-4-6-13(23-3)14(12)18/h4-6,10-11,18H,7-9H2,1-3H3. The summed E-state index contributed by atoms with van der Waals surface area (Å²) in [6.07, 6.45) is -0.756. The van der Waals surface area contributed by atoms with Gasteiger partial charge in [0.1, 0.15) is 5.56 Å². The summed E-state index contributed by atoms with van der Waals surface area (Å²) in [7, 11) is -0.292. The molecule has 1 fully saturated rings. The summed E-state index contributed by atoms with van der Waals surface area (Å²) in [6.45, 7) is 1.40. The second-order valence-corrected chi connectivity index (χ2v) is 8.14. The third kappa shape index (κ3) is 4.22. The molecule has 2 unspecified atom stereocenters. The molecular weight excluding hydrogens is 350 g/mol. The van der Waals surface area contributed by atoms with Gasteiger partial charge >= 0.3 is 5.97 Å². The molecule has 1 aromatic carbocycles. The van der Waals surface area contributed by atoms with Gasteiger partial charge in [-0.3, -0.25) is 4.79 Å². The van der Waals surface area contributed by atoms with Gasteiger partial charge in [0.2, 0.25) is 0 Å². The van der Waals surface area contributed by atoms with Gasteiger partial charge in [-0.15, -0.1) is 0 Å². The molecule has 1 heterocycles. The maximum absolute atomic E-state index is 12.4. The first-order chi connectivity index (χ1) is 11.7. The number of carbonyl (C=O) groups excluding carboxylic acids is 2. The summed E-state index contributed by atoms with van der Waals surface area (Å²) in [5.41, 5.74) is -0.120. The number of nitrogens with zero attached hydrogens (tertiary/aromatic N) is 1. The first-order valence-electron chi connectivity index (χ1n) is 7.70. The fourth-order valence-corrected chi connectivity index (χ4v) is 4.45. The summed E-state index contributed by atoms with van der Waals surface area (Å²) in [6, 6.07) is 3.92. The maximum atomic E-state index is 12.4. The van der Waals surface area contributed by atoms with E-state index in [1.165, 1.54) is 44.2 Å². The average Bonchev–Trinajstić information content (AvgIpc) is 2.93. The van der Waals surface area contributed by atoms with E-state index in [0.29, 0.717) is 6.42 Å². The van der Waals surface area contributed by atoms with Crippen molar-refractivity contribution in [3.05, 3.63) is 23.8 Å². The van der Waals surface area contributed by atoms with Crippen molar-refractivity contribution in [2.45, 2.75) is 25.5 Å². The molecule has 1 aromatic rings. The van der Waals surface area contributed by atoms with Gasteiger partial charge in [0.15, 0.2) is 27.4 Å². The maximum Gasteiger partial charge on any atom is 0.342 e. The van der Waals surface area contributed by atoms with Crippen LogP contribution in [-0.2, 0) is 19.4 Å². The van der Waals surface area contributed by atoms with E-state index in [4.69, 9.17) is 9.47 Å². The van der Waals surface area contributed by atoms with Crippen LogP contribution in [-0.4, -0.2) is 68.1 Å². The fraction of sp³-hybridized carbons (Fsp3) is 0.500. The van der Waals surface area contributed by atoms with Gasteiger partial charge in [0.05, 0.1) is 18.6 Å². The third-order valence-corrected chi connectivity index (χ3v) is 5.92. The van der Waals surface area contributed by atoms with Crippen LogP contribution >= 0.6 is 0 Å². The van der Waals surface area contributed by atoms with Gasteiger partial charge in [0, 0.05) is 13.1 Å². The molecule has 2 atom stereocenters. The lowest BCUT2D eigenvalue weighted by atomic mass is 10.2. The van der Waals surface area contributed by atoms with E-state index in [-0.39, 0.29) is 28.6 Å². The number of esters is 1. The Hall–Kier alpha value is -2.29. The molecule has 1 saturated heterocycles. The van der Waals surface area contributed by atoms with Crippen LogP contribution < -0.4 is 4.74 Å². The van der Waals surface area contributed by atoms with Crippen molar-refractivity contribution in [2.75, 3.05) is 25.7 Å². The number of aromatic hydroxyl groups is 1. The zero-order chi connectivity index (χ0) is 18.8. The number of ether oxygens (including phenoxy) is 2. The highest BCUT2D eigenvalue weighted by atomic mass is 32.2. The molecule has 25 heavy (non-hydrogen) atoms. The molecule has 138 valence electrons. The second-order valence-electron chi connectivity index (χ2n) is 5.91. The largest absolute Gasteiger partial charge is 0.504 e. The lowest BCUT2D eigenvalue weighted by Crippen LogP contribution is -2.44. The molecule has 0 radical (unpaired) electrons. The molecule has 1 aliphatic rings. The number of rotatable bonds is 5. The second kappa shape index (κ2) is 7.30. The molecular formula is C16H21NO7S. The van der Waals surface area contributed by atoms with E-state index in [2.05, 4.69) is 0 Å². The number of benzene rings is 1. The highest BCUT2D eigenvalue weighted by Crippen LogP contribution is 2.30. The fourth-order valence-electron chi connectivity index (χ4n) is 2.67. The summed E-state index contributed by atoms with van der Waals surface area (Å²) in [4.78, 5) is 25.9. The van der Waals surface area contributed by atoms with Crippen LogP contribution in [0.25, 0.3) is 0 Å². The Balaban J connectivity index is 2.05. The number of amides is 1. The predicted molar refractivity (Wildman–Crippen MR) is 89.4 cm³/mol. The van der Waals surface area contributed by atoms with Crippen LogP contribution in [0, 0.1) is 0 Å². The Morgan fingerprint density at radius 3 is 2.60 bits per heavy atom. The van der Waals surface area contributed by atoms with Gasteiger partial charge in [-0.1, -0.05) is 6.07 Å². The van der Waals surface area contributed by atoms with E-state index in [1.54, 1.807) is 0 Å². The smallest absolute Gasteiger partial charge is 0.342 e. The molecule has 0 bridgehead atoms. The van der Waals surface area contributed by atoms with Crippen molar-refractivity contribution in [1.29, 1.82) is 0 Å². The van der Waals surface area contributed by atoms with Crippen molar-refractivity contribution in [3.63, 3.8) is 0 Å². The van der Waals surface area contributed by atoms with Crippen LogP contribution in [0.4, 0.5) is 0 Å². The van der Waals surface area contributed by atoms with E-state index >= 15 is 0 Å². The number of hydrogen-bond acceptors (Lipinski definition) is 7. The van der Waals surface area contributed by atoms with Crippen LogP contribution in [0.5, 0.6) is 11.5 Å². The molecule has 1 amide bonds. The Kier molecular flexibility index (Phi) is 5.56. The number of methoxy groups -OCH3 is 1. The minimum absolute atomic E-state index is 0.0428. The van der Waals surface area contributed by atoms with Gasteiger partial charge in [-0.05, 0) is 25.5 Å². The third-order valence-electron chi connectivity index (χ3n) is 4.17. The molecule has 0 spiro atoms. The summed E-state index contributed by atoms with van der Waals surface area (Å²) >= 11 is 0. The molecule has 0 aliphatic carbocycles. The van der Waals surface area contributed by atoms with Crippen LogP contribution in [0.2, 0.25) is 0 Å². The number of phenols is 1. The normalized spacial score (nSPS) is 19.9. The van der Waals surface area contributed by atoms with Gasteiger partial charge in [-0.2, -0.15) is 0 Å². The number of phenolic OH excluding ortho intramolecular Hbond substituents is 1. The minimum Gasteiger partial charge on any atom is -0.504 e. The van der Waals surface area contributed by atoms with Crippen LogP contribution in [0.15, 0.2) is 18.2 Å². The van der Waals surface area contributed by atoms with Crippen molar-refractivity contribution in [1.82, 2.24) is 4.90 Å². The number of likely N-dealkylation sites (N-methyl/N-ethyl adjacent to an activating group) is 1. The quantitative estimate of drug-likeness (QED) is 0.754. The number of sulfone groups is 1. The monoisotopic (exact) mass is 371 g/mol. The van der Waals surface area contributed by atoms with Crippen molar-refractivity contribution >= 4 is 21.7 Å². The Labute approximate surface area is 146 Å². The van der Waals surface area contributed by atoms with Crippen molar-refractivity contribution < 1.29 is 32.6 Å². The molecule has 8 nitrogen and oxygen atoms in total. The van der Waals surface area contributed by atoms with Crippen LogP contribution in [0.3, 0.4) is 0 Å². The molecule has 1 N–H and O–H groups in total. The lowest BCUT2D eigenvalue weighted by Gasteiger charge is -2.26. The number of para-hydroxylation sites is 1. The van der Waals surface area contributed by atoms with E-state index in [1.807, 2.05) is 0 Å². The van der Waals surface area contributed by atoms with Gasteiger partial charge in [-0.25, -0.2) is 13.2 Å². The average molecular weight is 371 g/mol. The lowest BCUT2D eigenvalue weighted by molar-refractivity contribution is -0.140. The Morgan fingerprint density at radius 1 is 1.36 bits per heavy atom. The first-order valence-corrected chi connectivity index (χ1v) is 9.52. The van der Waals surface area contributed by atoms with E-state index < -0.39 is 33.9 Å². The summed E-state index contributed by atoms with van der Waals surface area (Å²) in [5, 5.41) is 9.96. The highest BCUT2D eigenvalue weighted by Gasteiger charge is 2.35. The first kappa shape index (κ1) is 19.0. The van der Waals surface area contributed by atoms with Gasteiger partial charge in [0.25, 0.3) is 5.91 Å². The zero-order valence-corrected chi connectivity index (χ0v) is 15.1. The van der Waals surface area contributed by atoms with E-state index in [9.17, 15) is 23.1 Å². The number of carbonyl (C=O) groups is 2. The van der Waals surface area contributed by atoms with Crippen molar-refractivity contribution in [3.8, 4) is 11.5 Å². The zero-order valence-electron chi connectivity index (χ0n) is 14.3. The molecule has 0 saturated carbocycles. The minimum atomic E-state index is -3.13. The predicted octanol–water partition coefficient (Wildman–Crippen LogP) is 0.592. The Bertz CT molecular complexity index is 775. The van der Waals surface area contributed by atoms with Crippen LogP contribution in [0.1, 0.15) is 23.7 Å². The molecule has 0 aromatic heterocycles.